The molecule has 0 spiro atoms. The van der Waals surface area contributed by atoms with Gasteiger partial charge >= 0.3 is 0 Å². The summed E-state index contributed by atoms with van der Waals surface area (Å²) in [6, 6.07) is 10.3. The van der Waals surface area contributed by atoms with Crippen LogP contribution in [0.3, 0.4) is 0 Å². The van der Waals surface area contributed by atoms with E-state index in [9.17, 15) is 0 Å². The Morgan fingerprint density at radius 1 is 1.31 bits per heavy atom. The van der Waals surface area contributed by atoms with Gasteiger partial charge in [0.1, 0.15) is 0 Å². The van der Waals surface area contributed by atoms with Gasteiger partial charge in [0.05, 0.1) is 6.54 Å². The minimum atomic E-state index is 0.470. The molecule has 0 radical (unpaired) electrons. The molecule has 0 saturated carbocycles. The molecule has 16 heavy (non-hydrogen) atoms. The number of thiocarbonyl (C=S) groups is 1. The normalized spacial score (nSPS) is 9.19. The van der Waals surface area contributed by atoms with Gasteiger partial charge < -0.3 is 10.6 Å². The van der Waals surface area contributed by atoms with Crippen LogP contribution in [0.25, 0.3) is 0 Å². The summed E-state index contributed by atoms with van der Waals surface area (Å²) in [6.45, 7) is 1.30. The van der Waals surface area contributed by atoms with Gasteiger partial charge in [-0.05, 0) is 24.4 Å². The Balaban J connectivity index is 2.08. The molecule has 0 saturated heterocycles. The van der Waals surface area contributed by atoms with Gasteiger partial charge in [0.15, 0.2) is 5.11 Å². The molecule has 0 amide bonds. The molecular weight excluding hydrogens is 236 g/mol. The lowest BCUT2D eigenvalue weighted by atomic mass is 10.4. The molecule has 0 fully saturated rings. The molecule has 0 aromatic heterocycles. The van der Waals surface area contributed by atoms with Gasteiger partial charge in [0.2, 0.25) is 0 Å². The third-order valence-electron chi connectivity index (χ3n) is 1.75. The molecule has 2 N–H and O–H groups in total. The minimum absolute atomic E-state index is 0.470. The highest BCUT2D eigenvalue weighted by Crippen LogP contribution is 2.15. The van der Waals surface area contributed by atoms with Crippen molar-refractivity contribution in [1.82, 2.24) is 10.6 Å². The Bertz CT molecular complexity index is 357. The van der Waals surface area contributed by atoms with Gasteiger partial charge in [-0.2, -0.15) is 0 Å². The lowest BCUT2D eigenvalue weighted by molar-refractivity contribution is 0.922. The quantitative estimate of drug-likeness (QED) is 0.361. The first-order valence-electron chi connectivity index (χ1n) is 4.96. The van der Waals surface area contributed by atoms with Crippen molar-refractivity contribution in [3.05, 3.63) is 30.3 Å². The van der Waals surface area contributed by atoms with Crippen LogP contribution in [0.1, 0.15) is 0 Å². The summed E-state index contributed by atoms with van der Waals surface area (Å²) < 4.78 is 0. The first kappa shape index (κ1) is 12.9. The smallest absolute Gasteiger partial charge is 0.167 e. The van der Waals surface area contributed by atoms with Crippen molar-refractivity contribution < 1.29 is 0 Å². The second kappa shape index (κ2) is 8.03. The number of benzene rings is 1. The van der Waals surface area contributed by atoms with E-state index in [1.807, 2.05) is 18.2 Å². The summed E-state index contributed by atoms with van der Waals surface area (Å²) in [4.78, 5) is 1.27. The molecular formula is C12H14N2S2. The molecule has 0 aliphatic rings. The molecule has 84 valence electrons. The summed E-state index contributed by atoms with van der Waals surface area (Å²) >= 11 is 6.82. The van der Waals surface area contributed by atoms with E-state index in [1.54, 1.807) is 11.8 Å². The predicted molar refractivity (Wildman–Crippen MR) is 74.6 cm³/mol. The van der Waals surface area contributed by atoms with E-state index in [4.69, 9.17) is 18.6 Å². The standard InChI is InChI=1S/C12H14N2S2/c1-2-8-13-12(15)14-9-10-16-11-6-4-3-5-7-11/h1,3-7H,8-10H2,(H2,13,14,15). The van der Waals surface area contributed by atoms with Crippen LogP contribution < -0.4 is 10.6 Å². The zero-order valence-electron chi connectivity index (χ0n) is 8.90. The van der Waals surface area contributed by atoms with Crippen molar-refractivity contribution in [1.29, 1.82) is 0 Å². The number of nitrogens with one attached hydrogen (secondary N) is 2. The highest BCUT2D eigenvalue weighted by Gasteiger charge is 1.94. The summed E-state index contributed by atoms with van der Waals surface area (Å²) in [5.41, 5.74) is 0. The van der Waals surface area contributed by atoms with Gasteiger partial charge in [-0.15, -0.1) is 18.2 Å². The Morgan fingerprint density at radius 3 is 2.75 bits per heavy atom. The van der Waals surface area contributed by atoms with Crippen molar-refractivity contribution in [3.8, 4) is 12.3 Å². The summed E-state index contributed by atoms with van der Waals surface area (Å²) in [5, 5.41) is 6.61. The van der Waals surface area contributed by atoms with Crippen LogP contribution in [0.4, 0.5) is 0 Å². The van der Waals surface area contributed by atoms with Crippen molar-refractivity contribution in [2.45, 2.75) is 4.90 Å². The Morgan fingerprint density at radius 2 is 2.06 bits per heavy atom. The molecule has 2 nitrogen and oxygen atoms in total. The van der Waals surface area contributed by atoms with E-state index in [0.717, 1.165) is 12.3 Å². The zero-order valence-corrected chi connectivity index (χ0v) is 10.5. The maximum atomic E-state index is 5.10. The van der Waals surface area contributed by atoms with Crippen molar-refractivity contribution in [2.75, 3.05) is 18.8 Å². The van der Waals surface area contributed by atoms with Crippen LogP contribution in [0.2, 0.25) is 0 Å². The van der Waals surface area contributed by atoms with E-state index in [1.165, 1.54) is 4.90 Å². The van der Waals surface area contributed by atoms with E-state index in [-0.39, 0.29) is 0 Å². The SMILES string of the molecule is C#CCNC(=S)NCCSc1ccccc1. The zero-order chi connectivity index (χ0) is 11.6. The van der Waals surface area contributed by atoms with Gasteiger partial charge in [0.25, 0.3) is 0 Å². The Kier molecular flexibility index (Phi) is 6.47. The van der Waals surface area contributed by atoms with E-state index in [0.29, 0.717) is 11.7 Å². The van der Waals surface area contributed by atoms with Crippen molar-refractivity contribution in [3.63, 3.8) is 0 Å². The van der Waals surface area contributed by atoms with Gasteiger partial charge in [-0.25, -0.2) is 0 Å². The van der Waals surface area contributed by atoms with Gasteiger partial charge in [0, 0.05) is 17.2 Å². The molecule has 1 aromatic rings. The monoisotopic (exact) mass is 250 g/mol. The lowest BCUT2D eigenvalue weighted by Gasteiger charge is -2.07. The Labute approximate surface area is 106 Å². The first-order chi connectivity index (χ1) is 7.83. The van der Waals surface area contributed by atoms with Crippen LogP contribution >= 0.6 is 24.0 Å². The molecule has 0 unspecified atom stereocenters. The average molecular weight is 250 g/mol. The fourth-order valence-electron chi connectivity index (χ4n) is 1.04. The van der Waals surface area contributed by atoms with Crippen LogP contribution in [-0.2, 0) is 0 Å². The van der Waals surface area contributed by atoms with Crippen LogP contribution in [0, 0.1) is 12.3 Å². The number of thioether (sulfide) groups is 1. The average Bonchev–Trinajstić information content (AvgIpc) is 2.33. The van der Waals surface area contributed by atoms with Crippen molar-refractivity contribution in [2.24, 2.45) is 0 Å². The topological polar surface area (TPSA) is 24.1 Å². The van der Waals surface area contributed by atoms with E-state index in [2.05, 4.69) is 28.7 Å². The van der Waals surface area contributed by atoms with E-state index < -0.39 is 0 Å². The minimum Gasteiger partial charge on any atom is -0.362 e. The summed E-state index contributed by atoms with van der Waals surface area (Å²) in [6.07, 6.45) is 5.10. The molecule has 1 aromatic carbocycles. The first-order valence-corrected chi connectivity index (χ1v) is 6.35. The third-order valence-corrected chi connectivity index (χ3v) is 3.05. The highest BCUT2D eigenvalue weighted by molar-refractivity contribution is 7.99. The molecule has 0 heterocycles. The lowest BCUT2D eigenvalue weighted by Crippen LogP contribution is -2.36. The Hall–Kier alpha value is -1.18. The summed E-state index contributed by atoms with van der Waals surface area (Å²) in [5.74, 6) is 3.45. The molecule has 4 heteroatoms. The third kappa shape index (κ3) is 5.64. The molecule has 0 aliphatic heterocycles. The van der Waals surface area contributed by atoms with Gasteiger partial charge in [-0.1, -0.05) is 24.1 Å². The number of rotatable bonds is 5. The maximum absolute atomic E-state index is 5.10. The van der Waals surface area contributed by atoms with Crippen LogP contribution in [0.15, 0.2) is 35.2 Å². The molecule has 0 bridgehead atoms. The molecule has 1 rings (SSSR count). The maximum Gasteiger partial charge on any atom is 0.167 e. The largest absolute Gasteiger partial charge is 0.362 e. The number of terminal acetylenes is 1. The highest BCUT2D eigenvalue weighted by atomic mass is 32.2. The van der Waals surface area contributed by atoms with Crippen LogP contribution in [-0.4, -0.2) is 24.0 Å². The summed E-state index contributed by atoms with van der Waals surface area (Å²) in [7, 11) is 0. The predicted octanol–water partition coefficient (Wildman–Crippen LogP) is 1.88. The fraction of sp³-hybridized carbons (Fsp3) is 0.250. The van der Waals surface area contributed by atoms with Crippen LogP contribution in [0.5, 0.6) is 0 Å². The number of hydrogen-bond acceptors (Lipinski definition) is 2. The second-order valence-electron chi connectivity index (χ2n) is 2.98. The van der Waals surface area contributed by atoms with Crippen molar-refractivity contribution >= 4 is 29.1 Å². The molecule has 0 atom stereocenters. The second-order valence-corrected chi connectivity index (χ2v) is 4.55. The fourth-order valence-corrected chi connectivity index (χ4v) is 2.01. The molecule has 0 aliphatic carbocycles. The van der Waals surface area contributed by atoms with Gasteiger partial charge in [-0.3, -0.25) is 0 Å². The van der Waals surface area contributed by atoms with E-state index >= 15 is 0 Å². The number of hydrogen-bond donors (Lipinski definition) is 2.